The lowest BCUT2D eigenvalue weighted by atomic mass is 10.1. The van der Waals surface area contributed by atoms with Gasteiger partial charge in [-0.3, -0.25) is 18.7 Å². The Morgan fingerprint density at radius 1 is 1.19 bits per heavy atom. The molecule has 166 valence electrons. The number of carbonyl (C=O) groups is 2. The summed E-state index contributed by atoms with van der Waals surface area (Å²) in [6.07, 6.45) is 1.87. The normalized spacial score (nSPS) is 13.2. The van der Waals surface area contributed by atoms with Gasteiger partial charge in [-0.05, 0) is 38.0 Å². The van der Waals surface area contributed by atoms with E-state index in [-0.39, 0.29) is 29.1 Å². The molecule has 0 spiro atoms. The molecule has 2 aromatic heterocycles. The van der Waals surface area contributed by atoms with Crippen LogP contribution in [-0.4, -0.2) is 39.6 Å². The zero-order valence-corrected chi connectivity index (χ0v) is 18.2. The predicted octanol–water partition coefficient (Wildman–Crippen LogP) is 1.81. The van der Waals surface area contributed by atoms with E-state index >= 15 is 0 Å². The number of benzene rings is 1. The number of ether oxygens (including phenoxy) is 1. The third-order valence-electron chi connectivity index (χ3n) is 5.62. The topological polar surface area (TPSA) is 104 Å². The van der Waals surface area contributed by atoms with Gasteiger partial charge in [-0.15, -0.1) is 0 Å². The highest BCUT2D eigenvalue weighted by Crippen LogP contribution is 2.39. The lowest BCUT2D eigenvalue weighted by Crippen LogP contribution is -2.44. The van der Waals surface area contributed by atoms with E-state index in [1.54, 1.807) is 44.3 Å². The summed E-state index contributed by atoms with van der Waals surface area (Å²) in [6.45, 7) is 1.34. The van der Waals surface area contributed by atoms with Crippen molar-refractivity contribution in [3.05, 3.63) is 68.5 Å². The number of anilines is 1. The zero-order chi connectivity index (χ0) is 23.0. The second-order valence-electron chi connectivity index (χ2n) is 7.81. The van der Waals surface area contributed by atoms with E-state index in [9.17, 15) is 19.2 Å². The second kappa shape index (κ2) is 8.41. The van der Waals surface area contributed by atoms with Gasteiger partial charge in [0, 0.05) is 31.4 Å². The van der Waals surface area contributed by atoms with Crippen LogP contribution in [0.15, 0.2) is 46.0 Å². The van der Waals surface area contributed by atoms with Crippen molar-refractivity contribution < 1.29 is 14.3 Å². The SMILES string of the molecule is CCOC(=O)c1cc(C2CC2)nc2c1c(=O)n(CC(=O)N(C)c1ccccc1)c(=O)n2C. The molecule has 32 heavy (non-hydrogen) atoms. The Morgan fingerprint density at radius 3 is 2.50 bits per heavy atom. The number of aromatic nitrogens is 3. The Hall–Kier alpha value is -3.75. The summed E-state index contributed by atoms with van der Waals surface area (Å²) in [5.74, 6) is -0.905. The number of hydrogen-bond donors (Lipinski definition) is 0. The first-order valence-corrected chi connectivity index (χ1v) is 10.5. The number of likely N-dealkylation sites (N-methyl/N-ethyl adjacent to an activating group) is 1. The standard InChI is InChI=1S/C23H24N4O5/c1-4-32-22(30)16-12-17(14-10-11-14)24-20-19(16)21(29)27(23(31)26(20)3)13-18(28)25(2)15-8-6-5-7-9-15/h5-9,12,14H,4,10-11,13H2,1-3H3. The van der Waals surface area contributed by atoms with Crippen molar-refractivity contribution in [2.75, 3.05) is 18.6 Å². The molecule has 2 heterocycles. The maximum atomic E-state index is 13.4. The Morgan fingerprint density at radius 2 is 1.88 bits per heavy atom. The number of fused-ring (bicyclic) bond motifs is 1. The Labute approximate surface area is 183 Å². The monoisotopic (exact) mass is 436 g/mol. The van der Waals surface area contributed by atoms with Crippen LogP contribution in [-0.2, 0) is 23.1 Å². The number of carbonyl (C=O) groups excluding carboxylic acids is 2. The van der Waals surface area contributed by atoms with Crippen molar-refractivity contribution >= 4 is 28.6 Å². The highest BCUT2D eigenvalue weighted by molar-refractivity contribution is 6.02. The molecule has 0 unspecified atom stereocenters. The first-order chi connectivity index (χ1) is 15.3. The smallest absolute Gasteiger partial charge is 0.339 e. The van der Waals surface area contributed by atoms with Crippen molar-refractivity contribution in [1.82, 2.24) is 14.1 Å². The number of amides is 1. The van der Waals surface area contributed by atoms with E-state index in [4.69, 9.17) is 4.74 Å². The highest BCUT2D eigenvalue weighted by atomic mass is 16.5. The molecule has 0 saturated heterocycles. The maximum Gasteiger partial charge on any atom is 0.339 e. The minimum Gasteiger partial charge on any atom is -0.462 e. The minimum absolute atomic E-state index is 0.0230. The Balaban J connectivity index is 1.85. The van der Waals surface area contributed by atoms with Crippen LogP contribution >= 0.6 is 0 Å². The van der Waals surface area contributed by atoms with Crippen LogP contribution in [0, 0.1) is 0 Å². The average Bonchev–Trinajstić information content (AvgIpc) is 3.65. The quantitative estimate of drug-likeness (QED) is 0.546. The van der Waals surface area contributed by atoms with Crippen LogP contribution in [0.5, 0.6) is 0 Å². The molecule has 1 aliphatic rings. The second-order valence-corrected chi connectivity index (χ2v) is 7.81. The molecule has 0 bridgehead atoms. The molecule has 1 aromatic carbocycles. The molecule has 0 radical (unpaired) electrons. The summed E-state index contributed by atoms with van der Waals surface area (Å²) in [4.78, 5) is 57.8. The zero-order valence-electron chi connectivity index (χ0n) is 18.2. The lowest BCUT2D eigenvalue weighted by Gasteiger charge is -2.18. The number of pyridine rings is 1. The van der Waals surface area contributed by atoms with Gasteiger partial charge in [0.1, 0.15) is 12.2 Å². The number of esters is 1. The molecule has 0 N–H and O–H groups in total. The van der Waals surface area contributed by atoms with Gasteiger partial charge in [0.05, 0.1) is 17.6 Å². The largest absolute Gasteiger partial charge is 0.462 e. The number of hydrogen-bond acceptors (Lipinski definition) is 6. The summed E-state index contributed by atoms with van der Waals surface area (Å²) in [7, 11) is 3.05. The molecular formula is C23H24N4O5. The van der Waals surface area contributed by atoms with Crippen molar-refractivity contribution in [2.24, 2.45) is 7.05 Å². The van der Waals surface area contributed by atoms with Crippen LogP contribution in [0.3, 0.4) is 0 Å². The molecule has 0 aliphatic heterocycles. The van der Waals surface area contributed by atoms with Gasteiger partial charge in [-0.2, -0.15) is 0 Å². The van der Waals surface area contributed by atoms with Gasteiger partial charge in [0.2, 0.25) is 5.91 Å². The maximum absolute atomic E-state index is 13.4. The molecule has 4 rings (SSSR count). The van der Waals surface area contributed by atoms with E-state index in [0.29, 0.717) is 11.4 Å². The van der Waals surface area contributed by atoms with Crippen LogP contribution < -0.4 is 16.1 Å². The lowest BCUT2D eigenvalue weighted by molar-refractivity contribution is -0.119. The fourth-order valence-corrected chi connectivity index (χ4v) is 3.63. The molecule has 1 amide bonds. The van der Waals surface area contributed by atoms with Crippen LogP contribution in [0.2, 0.25) is 0 Å². The summed E-state index contributed by atoms with van der Waals surface area (Å²) in [6, 6.07) is 10.5. The molecular weight excluding hydrogens is 412 g/mol. The van der Waals surface area contributed by atoms with Crippen LogP contribution in [0.1, 0.15) is 41.7 Å². The molecule has 1 saturated carbocycles. The molecule has 9 heteroatoms. The van der Waals surface area contributed by atoms with Gasteiger partial charge in [0.15, 0.2) is 0 Å². The average molecular weight is 436 g/mol. The summed E-state index contributed by atoms with van der Waals surface area (Å²) in [5, 5.41) is -0.0230. The van der Waals surface area contributed by atoms with E-state index in [1.807, 2.05) is 6.07 Å². The summed E-state index contributed by atoms with van der Waals surface area (Å²) < 4.78 is 7.20. The van der Waals surface area contributed by atoms with Crippen LogP contribution in [0.25, 0.3) is 11.0 Å². The van der Waals surface area contributed by atoms with E-state index in [0.717, 1.165) is 17.4 Å². The predicted molar refractivity (Wildman–Crippen MR) is 119 cm³/mol. The molecule has 1 aliphatic carbocycles. The van der Waals surface area contributed by atoms with Crippen molar-refractivity contribution in [1.29, 1.82) is 0 Å². The van der Waals surface area contributed by atoms with Crippen molar-refractivity contribution in [2.45, 2.75) is 32.2 Å². The Bertz CT molecular complexity index is 1320. The molecule has 0 atom stereocenters. The highest BCUT2D eigenvalue weighted by Gasteiger charge is 2.29. The third kappa shape index (κ3) is 3.81. The molecule has 3 aromatic rings. The number of nitrogens with zero attached hydrogens (tertiary/aromatic N) is 4. The van der Waals surface area contributed by atoms with Crippen molar-refractivity contribution in [3.8, 4) is 0 Å². The number of rotatable bonds is 6. The van der Waals surface area contributed by atoms with Gasteiger partial charge in [-0.1, -0.05) is 18.2 Å². The fraction of sp³-hybridized carbons (Fsp3) is 0.348. The third-order valence-corrected chi connectivity index (χ3v) is 5.62. The van der Waals surface area contributed by atoms with E-state index in [1.165, 1.54) is 16.5 Å². The Kier molecular flexibility index (Phi) is 5.65. The van der Waals surface area contributed by atoms with Gasteiger partial charge < -0.3 is 9.64 Å². The summed E-state index contributed by atoms with van der Waals surface area (Å²) >= 11 is 0. The summed E-state index contributed by atoms with van der Waals surface area (Å²) in [5.41, 5.74) is 0.0617. The first-order valence-electron chi connectivity index (χ1n) is 10.5. The fourth-order valence-electron chi connectivity index (χ4n) is 3.63. The minimum atomic E-state index is -0.740. The van der Waals surface area contributed by atoms with E-state index in [2.05, 4.69) is 4.98 Å². The van der Waals surface area contributed by atoms with Gasteiger partial charge in [0.25, 0.3) is 5.56 Å². The van der Waals surface area contributed by atoms with Crippen molar-refractivity contribution in [3.63, 3.8) is 0 Å². The molecule has 1 fully saturated rings. The molecule has 9 nitrogen and oxygen atoms in total. The van der Waals surface area contributed by atoms with Crippen LogP contribution in [0.4, 0.5) is 5.69 Å². The van der Waals surface area contributed by atoms with Gasteiger partial charge >= 0.3 is 11.7 Å². The first kappa shape index (κ1) is 21.5. The van der Waals surface area contributed by atoms with E-state index < -0.39 is 29.7 Å². The van der Waals surface area contributed by atoms with Gasteiger partial charge in [-0.25, -0.2) is 14.6 Å². The number of aryl methyl sites for hydroxylation is 1. The number of para-hydroxylation sites is 1.